The summed E-state index contributed by atoms with van der Waals surface area (Å²) in [6.07, 6.45) is -0.389. The number of carboxylic acids is 1. The van der Waals surface area contributed by atoms with Gasteiger partial charge in [0.15, 0.2) is 11.0 Å². The van der Waals surface area contributed by atoms with Crippen LogP contribution in [0.15, 0.2) is 60.1 Å². The molecule has 0 radical (unpaired) electrons. The fourth-order valence-corrected chi connectivity index (χ4v) is 4.05. The molecule has 0 aliphatic heterocycles. The Morgan fingerprint density at radius 1 is 1.03 bits per heavy atom. The number of carbonyl (C=O) groups is 2. The van der Waals surface area contributed by atoms with Crippen molar-refractivity contribution in [2.75, 3.05) is 0 Å². The minimum atomic E-state index is -1.04. The van der Waals surface area contributed by atoms with Crippen LogP contribution in [0.4, 0.5) is 0 Å². The highest BCUT2D eigenvalue weighted by atomic mass is 32.1. The molecule has 4 aromatic rings. The van der Waals surface area contributed by atoms with Crippen LogP contribution in [0.5, 0.6) is 17.5 Å². The van der Waals surface area contributed by atoms with Gasteiger partial charge in [-0.1, -0.05) is 42.5 Å². The molecule has 1 atom stereocenters. The van der Waals surface area contributed by atoms with Gasteiger partial charge < -0.3 is 19.9 Å². The zero-order valence-corrected chi connectivity index (χ0v) is 19.6. The van der Waals surface area contributed by atoms with E-state index in [1.165, 1.54) is 23.8 Å². The molecule has 0 aliphatic carbocycles. The van der Waals surface area contributed by atoms with Gasteiger partial charge in [-0.2, -0.15) is 4.37 Å². The second kappa shape index (κ2) is 10.9. The summed E-state index contributed by atoms with van der Waals surface area (Å²) in [6, 6.07) is 16.7. The van der Waals surface area contributed by atoms with Crippen LogP contribution in [0, 0.1) is 0 Å². The molecule has 0 bridgehead atoms. The fourth-order valence-electron chi connectivity index (χ4n) is 2.93. The van der Waals surface area contributed by atoms with E-state index in [-0.39, 0.29) is 18.3 Å². The molecule has 0 saturated heterocycles. The van der Waals surface area contributed by atoms with Gasteiger partial charge in [0.1, 0.15) is 11.4 Å². The summed E-state index contributed by atoms with van der Waals surface area (Å²) < 4.78 is 19.7. The first-order valence-electron chi connectivity index (χ1n) is 10.2. The summed E-state index contributed by atoms with van der Waals surface area (Å²) in [5.74, 6) is -0.424. The lowest BCUT2D eigenvalue weighted by Crippen LogP contribution is -2.23. The molecule has 2 N–H and O–H groups in total. The molecule has 11 heteroatoms. The zero-order valence-electron chi connectivity index (χ0n) is 18.0. The van der Waals surface area contributed by atoms with Crippen LogP contribution >= 0.6 is 23.1 Å². The molecule has 0 saturated carbocycles. The van der Waals surface area contributed by atoms with Crippen molar-refractivity contribution >= 4 is 34.9 Å². The second-order valence-corrected chi connectivity index (χ2v) is 8.58. The Balaban J connectivity index is 1.36. The number of hydrogen-bond acceptors (Lipinski definition) is 9. The number of aliphatic carboxylic acids is 1. The summed E-state index contributed by atoms with van der Waals surface area (Å²) in [7, 11) is 0. The lowest BCUT2D eigenvalue weighted by molar-refractivity contribution is -0.144. The molecule has 34 heavy (non-hydrogen) atoms. The number of rotatable bonds is 10. The Bertz CT molecular complexity index is 1260. The number of amides is 1. The van der Waals surface area contributed by atoms with Crippen molar-refractivity contribution in [3.63, 3.8) is 0 Å². The van der Waals surface area contributed by atoms with E-state index in [1.54, 1.807) is 24.3 Å². The van der Waals surface area contributed by atoms with Crippen molar-refractivity contribution in [3.05, 3.63) is 81.8 Å². The van der Waals surface area contributed by atoms with Gasteiger partial charge in [0.05, 0.1) is 17.2 Å². The molecule has 174 valence electrons. The first-order valence-corrected chi connectivity index (χ1v) is 11.8. The third-order valence-corrected chi connectivity index (χ3v) is 6.06. The van der Waals surface area contributed by atoms with E-state index < -0.39 is 12.1 Å². The first kappa shape index (κ1) is 23.3. The van der Waals surface area contributed by atoms with E-state index in [2.05, 4.69) is 19.0 Å². The number of ether oxygens (including phenoxy) is 2. The molecule has 9 nitrogen and oxygen atoms in total. The number of carboxylic acid groups (broad SMARTS) is 1. The summed E-state index contributed by atoms with van der Waals surface area (Å²) in [5.41, 5.74) is 4.11. The van der Waals surface area contributed by atoms with Gasteiger partial charge in [0.2, 0.25) is 5.88 Å². The summed E-state index contributed by atoms with van der Waals surface area (Å²) in [4.78, 5) is 28.1. The molecule has 2 aromatic heterocycles. The lowest BCUT2D eigenvalue weighted by Gasteiger charge is -2.11. The van der Waals surface area contributed by atoms with Crippen LogP contribution in [0.1, 0.15) is 33.4 Å². The monoisotopic (exact) mass is 496 g/mol. The third kappa shape index (κ3) is 5.94. The van der Waals surface area contributed by atoms with Gasteiger partial charge in [-0.05, 0) is 30.2 Å². The van der Waals surface area contributed by atoms with E-state index in [4.69, 9.17) is 14.6 Å². The van der Waals surface area contributed by atoms with E-state index in [0.29, 0.717) is 28.6 Å². The molecule has 4 rings (SSSR count). The molecule has 1 amide bonds. The van der Waals surface area contributed by atoms with Gasteiger partial charge >= 0.3 is 5.97 Å². The molecular weight excluding hydrogens is 476 g/mol. The summed E-state index contributed by atoms with van der Waals surface area (Å²) >= 11 is 2.21. The minimum Gasteiger partial charge on any atom is -0.479 e. The van der Waals surface area contributed by atoms with Crippen LogP contribution in [0.2, 0.25) is 0 Å². The second-order valence-electron chi connectivity index (χ2n) is 7.19. The molecule has 1 unspecified atom stereocenters. The van der Waals surface area contributed by atoms with Crippen LogP contribution in [-0.2, 0) is 17.8 Å². The van der Waals surface area contributed by atoms with E-state index in [9.17, 15) is 9.59 Å². The highest BCUT2D eigenvalue weighted by molar-refractivity contribution is 7.12. The SMILES string of the molecule is CC(Oc1ccc(CNC(=O)c2scnc2Oc2nsnc2Cc2ccccc2)cc1)C(=O)O. The van der Waals surface area contributed by atoms with Crippen molar-refractivity contribution in [1.82, 2.24) is 19.0 Å². The number of nitrogens with one attached hydrogen (secondary N) is 1. The number of thiazole rings is 1. The van der Waals surface area contributed by atoms with Crippen molar-refractivity contribution in [2.24, 2.45) is 0 Å². The highest BCUT2D eigenvalue weighted by Crippen LogP contribution is 2.29. The van der Waals surface area contributed by atoms with Crippen LogP contribution < -0.4 is 14.8 Å². The van der Waals surface area contributed by atoms with Crippen LogP contribution in [0.25, 0.3) is 0 Å². The Morgan fingerprint density at radius 3 is 2.53 bits per heavy atom. The van der Waals surface area contributed by atoms with Crippen molar-refractivity contribution in [2.45, 2.75) is 26.0 Å². The maximum absolute atomic E-state index is 12.7. The number of carbonyl (C=O) groups excluding carboxylic acids is 1. The molecule has 2 aromatic carbocycles. The van der Waals surface area contributed by atoms with Gasteiger partial charge in [-0.3, -0.25) is 4.79 Å². The maximum atomic E-state index is 12.7. The predicted molar refractivity (Wildman–Crippen MR) is 127 cm³/mol. The van der Waals surface area contributed by atoms with E-state index in [1.807, 2.05) is 30.3 Å². The number of hydrogen-bond donors (Lipinski definition) is 2. The van der Waals surface area contributed by atoms with Gasteiger partial charge in [-0.25, -0.2) is 9.78 Å². The molecular formula is C23H20N4O5S2. The molecule has 0 fully saturated rings. The maximum Gasteiger partial charge on any atom is 0.344 e. The Morgan fingerprint density at radius 2 is 1.79 bits per heavy atom. The van der Waals surface area contributed by atoms with Crippen molar-refractivity contribution in [1.29, 1.82) is 0 Å². The van der Waals surface area contributed by atoms with Crippen LogP contribution in [-0.4, -0.2) is 36.8 Å². The summed E-state index contributed by atoms with van der Waals surface area (Å²) in [6.45, 7) is 1.72. The smallest absolute Gasteiger partial charge is 0.344 e. The molecule has 0 aliphatic rings. The molecule has 2 heterocycles. The third-order valence-electron chi connectivity index (χ3n) is 4.71. The van der Waals surface area contributed by atoms with Gasteiger partial charge in [-0.15, -0.1) is 15.7 Å². The fraction of sp³-hybridized carbons (Fsp3) is 0.174. The lowest BCUT2D eigenvalue weighted by atomic mass is 10.1. The predicted octanol–water partition coefficient (Wildman–Crippen LogP) is 4.16. The normalized spacial score (nSPS) is 11.6. The number of nitrogens with zero attached hydrogens (tertiary/aromatic N) is 3. The number of aromatic nitrogens is 3. The largest absolute Gasteiger partial charge is 0.479 e. The van der Waals surface area contributed by atoms with Gasteiger partial charge in [0, 0.05) is 13.0 Å². The average molecular weight is 497 g/mol. The zero-order chi connectivity index (χ0) is 23.9. The quantitative estimate of drug-likeness (QED) is 0.335. The van der Waals surface area contributed by atoms with Crippen LogP contribution in [0.3, 0.4) is 0 Å². The van der Waals surface area contributed by atoms with Crippen molar-refractivity contribution in [3.8, 4) is 17.5 Å². The first-order chi connectivity index (χ1) is 16.5. The van der Waals surface area contributed by atoms with E-state index >= 15 is 0 Å². The minimum absolute atomic E-state index is 0.177. The average Bonchev–Trinajstić information content (AvgIpc) is 3.49. The Hall–Kier alpha value is -3.83. The Kier molecular flexibility index (Phi) is 7.45. The van der Waals surface area contributed by atoms with E-state index in [0.717, 1.165) is 22.9 Å². The summed E-state index contributed by atoms with van der Waals surface area (Å²) in [5, 5.41) is 11.8. The standard InChI is InChI=1S/C23H20N4O5S2/c1-14(23(29)30)31-17-9-7-16(8-10-17)12-24-20(28)19-22(25-13-33-19)32-21-18(26-34-27-21)11-15-5-3-2-4-6-15/h2-10,13-14H,11-12H2,1H3,(H,24,28)(H,29,30). The van der Waals surface area contributed by atoms with Gasteiger partial charge in [0.25, 0.3) is 11.8 Å². The van der Waals surface area contributed by atoms with Crippen molar-refractivity contribution < 1.29 is 24.2 Å². The Labute approximate surface area is 203 Å². The topological polar surface area (TPSA) is 124 Å². The molecule has 0 spiro atoms. The number of benzene rings is 2. The highest BCUT2D eigenvalue weighted by Gasteiger charge is 2.20.